The van der Waals surface area contributed by atoms with Crippen LogP contribution in [-0.2, 0) is 14.2 Å². The first kappa shape index (κ1) is 22.8. The predicted octanol–water partition coefficient (Wildman–Crippen LogP) is -2.38. The minimum atomic E-state index is -1.44. The van der Waals surface area contributed by atoms with Crippen LogP contribution >= 0.6 is 0 Å². The molecule has 2 heterocycles. The summed E-state index contributed by atoms with van der Waals surface area (Å²) < 4.78 is 17.7. The van der Waals surface area contributed by atoms with Crippen molar-refractivity contribution < 1.29 is 50.0 Å². The Morgan fingerprint density at radius 3 is 2.20 bits per heavy atom. The number of ether oxygens (including phenoxy) is 3. The molecule has 2 aliphatic carbocycles. The van der Waals surface area contributed by atoms with Gasteiger partial charge >= 0.3 is 0 Å². The lowest BCUT2D eigenvalue weighted by atomic mass is 9.72. The van der Waals surface area contributed by atoms with E-state index in [1.54, 1.807) is 0 Å². The Hall–Kier alpha value is -0.400. The molecule has 13 atom stereocenters. The normalized spacial score (nSPS) is 55.1. The standard InChI is InChI=1S/C20H34O10/c21-9-4-12(23)10-6-16(30-20-18(27)17(26)14(25)7-28-20)19(29-15(10)5-9)8-1-2-11(22)13(24)3-8/h8-27H,1-7H2. The molecule has 0 aromatic heterocycles. The van der Waals surface area contributed by atoms with E-state index < -0.39 is 61.2 Å². The summed E-state index contributed by atoms with van der Waals surface area (Å²) in [6.45, 7) is -0.184. The van der Waals surface area contributed by atoms with Crippen LogP contribution in [0.4, 0.5) is 0 Å². The van der Waals surface area contributed by atoms with Gasteiger partial charge in [-0.2, -0.15) is 0 Å². The first-order valence-electron chi connectivity index (χ1n) is 10.9. The molecule has 2 saturated carbocycles. The fraction of sp³-hybridized carbons (Fsp3) is 1.00. The van der Waals surface area contributed by atoms with Crippen molar-refractivity contribution in [3.8, 4) is 0 Å². The molecule has 4 fully saturated rings. The van der Waals surface area contributed by atoms with Crippen LogP contribution in [0.1, 0.15) is 38.5 Å². The highest BCUT2D eigenvalue weighted by atomic mass is 16.7. The van der Waals surface area contributed by atoms with Gasteiger partial charge in [-0.3, -0.25) is 0 Å². The van der Waals surface area contributed by atoms with Crippen molar-refractivity contribution >= 4 is 0 Å². The van der Waals surface area contributed by atoms with Crippen LogP contribution in [0, 0.1) is 11.8 Å². The van der Waals surface area contributed by atoms with Crippen molar-refractivity contribution in [3.05, 3.63) is 0 Å². The lowest BCUT2D eigenvalue weighted by molar-refractivity contribution is -0.313. The predicted molar refractivity (Wildman–Crippen MR) is 100 cm³/mol. The van der Waals surface area contributed by atoms with Gasteiger partial charge in [0.2, 0.25) is 0 Å². The number of hydrogen-bond donors (Lipinski definition) is 7. The maximum Gasteiger partial charge on any atom is 0.186 e. The molecule has 4 aliphatic rings. The van der Waals surface area contributed by atoms with Gasteiger partial charge in [0.15, 0.2) is 6.29 Å². The summed E-state index contributed by atoms with van der Waals surface area (Å²) in [4.78, 5) is 0. The molecule has 13 unspecified atom stereocenters. The Bertz CT molecular complexity index is 578. The van der Waals surface area contributed by atoms with Gasteiger partial charge in [0.05, 0.1) is 49.3 Å². The Balaban J connectivity index is 1.51. The second-order valence-corrected chi connectivity index (χ2v) is 9.36. The second kappa shape index (κ2) is 9.22. The van der Waals surface area contributed by atoms with Gasteiger partial charge in [0.25, 0.3) is 0 Å². The van der Waals surface area contributed by atoms with Crippen LogP contribution in [-0.4, -0.2) is 110 Å². The average Bonchev–Trinajstić information content (AvgIpc) is 2.70. The summed E-state index contributed by atoms with van der Waals surface area (Å²) >= 11 is 0. The van der Waals surface area contributed by atoms with Crippen LogP contribution in [0.15, 0.2) is 0 Å². The van der Waals surface area contributed by atoms with E-state index in [1.165, 1.54) is 0 Å². The van der Waals surface area contributed by atoms with Gasteiger partial charge < -0.3 is 50.0 Å². The summed E-state index contributed by atoms with van der Waals surface area (Å²) in [7, 11) is 0. The van der Waals surface area contributed by atoms with Gasteiger partial charge in [-0.05, 0) is 44.4 Å². The fourth-order valence-corrected chi connectivity index (χ4v) is 5.48. The Morgan fingerprint density at radius 2 is 1.47 bits per heavy atom. The van der Waals surface area contributed by atoms with E-state index in [2.05, 4.69) is 0 Å². The molecule has 0 radical (unpaired) electrons. The maximum absolute atomic E-state index is 10.5. The molecule has 0 bridgehead atoms. The summed E-state index contributed by atoms with van der Waals surface area (Å²) in [5.74, 6) is -0.383. The molecule has 0 aromatic carbocycles. The molecule has 2 saturated heterocycles. The molecular weight excluding hydrogens is 400 g/mol. The smallest absolute Gasteiger partial charge is 0.186 e. The highest BCUT2D eigenvalue weighted by Gasteiger charge is 2.50. The van der Waals surface area contributed by atoms with Crippen LogP contribution in [0.3, 0.4) is 0 Å². The Kier molecular flexibility index (Phi) is 7.00. The summed E-state index contributed by atoms with van der Waals surface area (Å²) in [5.41, 5.74) is 0. The van der Waals surface area contributed by atoms with E-state index >= 15 is 0 Å². The van der Waals surface area contributed by atoms with Gasteiger partial charge in [0.1, 0.15) is 18.3 Å². The molecular formula is C20H34O10. The number of fused-ring (bicyclic) bond motifs is 1. The second-order valence-electron chi connectivity index (χ2n) is 9.36. The van der Waals surface area contributed by atoms with E-state index in [-0.39, 0.29) is 31.0 Å². The number of aliphatic hydroxyl groups is 7. The van der Waals surface area contributed by atoms with Crippen molar-refractivity contribution in [1.29, 1.82) is 0 Å². The zero-order valence-electron chi connectivity index (χ0n) is 16.8. The van der Waals surface area contributed by atoms with Crippen molar-refractivity contribution in [2.24, 2.45) is 11.8 Å². The largest absolute Gasteiger partial charge is 0.393 e. The molecule has 0 amide bonds. The number of aliphatic hydroxyl groups excluding tert-OH is 7. The maximum atomic E-state index is 10.5. The van der Waals surface area contributed by atoms with Crippen molar-refractivity contribution in [2.45, 2.75) is 106 Å². The molecule has 10 nitrogen and oxygen atoms in total. The van der Waals surface area contributed by atoms with Crippen LogP contribution in [0.5, 0.6) is 0 Å². The molecule has 0 aromatic rings. The third kappa shape index (κ3) is 4.54. The first-order chi connectivity index (χ1) is 14.2. The van der Waals surface area contributed by atoms with E-state index in [9.17, 15) is 35.7 Å². The minimum absolute atomic E-state index is 0.123. The average molecular weight is 434 g/mol. The lowest BCUT2D eigenvalue weighted by Gasteiger charge is -2.50. The molecule has 174 valence electrons. The van der Waals surface area contributed by atoms with Crippen LogP contribution in [0.25, 0.3) is 0 Å². The van der Waals surface area contributed by atoms with Crippen molar-refractivity contribution in [3.63, 3.8) is 0 Å². The van der Waals surface area contributed by atoms with Gasteiger partial charge in [-0.1, -0.05) is 0 Å². The first-order valence-corrected chi connectivity index (χ1v) is 10.9. The van der Waals surface area contributed by atoms with E-state index in [4.69, 9.17) is 14.2 Å². The zero-order valence-corrected chi connectivity index (χ0v) is 16.8. The van der Waals surface area contributed by atoms with E-state index in [0.29, 0.717) is 32.1 Å². The fourth-order valence-electron chi connectivity index (χ4n) is 5.48. The SMILES string of the molecule is OC1CC(O)C2CC(OC3OCC(O)C(O)C3O)C(C3CCC(O)C(O)C3)OC2C1. The lowest BCUT2D eigenvalue weighted by Crippen LogP contribution is -2.59. The third-order valence-corrected chi connectivity index (χ3v) is 7.24. The monoisotopic (exact) mass is 434 g/mol. The molecule has 10 heteroatoms. The Morgan fingerprint density at radius 1 is 0.700 bits per heavy atom. The Labute approximate surface area is 175 Å². The van der Waals surface area contributed by atoms with Gasteiger partial charge in [-0.25, -0.2) is 0 Å². The van der Waals surface area contributed by atoms with Crippen LogP contribution in [0.2, 0.25) is 0 Å². The van der Waals surface area contributed by atoms with E-state index in [0.717, 1.165) is 0 Å². The molecule has 30 heavy (non-hydrogen) atoms. The minimum Gasteiger partial charge on any atom is -0.393 e. The number of hydrogen-bond acceptors (Lipinski definition) is 10. The van der Waals surface area contributed by atoms with E-state index in [1.807, 2.05) is 0 Å². The number of rotatable bonds is 3. The molecule has 2 aliphatic heterocycles. The van der Waals surface area contributed by atoms with Crippen molar-refractivity contribution in [2.75, 3.05) is 6.61 Å². The summed E-state index contributed by atoms with van der Waals surface area (Å²) in [5, 5.41) is 70.5. The zero-order chi connectivity index (χ0) is 21.6. The highest BCUT2D eigenvalue weighted by Crippen LogP contribution is 2.43. The van der Waals surface area contributed by atoms with Gasteiger partial charge in [0, 0.05) is 5.92 Å². The molecule has 4 rings (SSSR count). The third-order valence-electron chi connectivity index (χ3n) is 7.24. The quantitative estimate of drug-likeness (QED) is 0.255. The summed E-state index contributed by atoms with van der Waals surface area (Å²) in [6, 6.07) is 0. The van der Waals surface area contributed by atoms with Crippen LogP contribution < -0.4 is 0 Å². The van der Waals surface area contributed by atoms with Gasteiger partial charge in [-0.15, -0.1) is 0 Å². The summed E-state index contributed by atoms with van der Waals surface area (Å²) in [6.07, 6.45) is -7.31. The topological polar surface area (TPSA) is 169 Å². The molecule has 7 N–H and O–H groups in total. The van der Waals surface area contributed by atoms with Crippen molar-refractivity contribution in [1.82, 2.24) is 0 Å². The molecule has 0 spiro atoms. The highest BCUT2D eigenvalue weighted by molar-refractivity contribution is 4.98.